The Balaban J connectivity index is 1.42. The second-order valence-corrected chi connectivity index (χ2v) is 8.60. The average Bonchev–Trinajstić information content (AvgIpc) is 2.86. The first-order valence-corrected chi connectivity index (χ1v) is 12.0. The number of pyridine rings is 1. The average molecular weight is 498 g/mol. The second kappa shape index (κ2) is 11.4. The zero-order chi connectivity index (χ0) is 25.5. The molecule has 1 heterocycles. The lowest BCUT2D eigenvalue weighted by Gasteiger charge is -2.11. The van der Waals surface area contributed by atoms with Crippen molar-refractivity contribution in [1.82, 2.24) is 4.98 Å². The van der Waals surface area contributed by atoms with E-state index in [0.717, 1.165) is 47.2 Å². The number of fused-ring (bicyclic) bond motifs is 1. The van der Waals surface area contributed by atoms with Crippen molar-refractivity contribution in [2.75, 3.05) is 6.61 Å². The summed E-state index contributed by atoms with van der Waals surface area (Å²) in [5.74, 6) is 0.163. The normalized spacial score (nSPS) is 11.6. The number of ether oxygens (including phenoxy) is 2. The SMILES string of the molecule is CCCCCOc1ccc(-c2ccc3c(F)c(CCc4ccc(OC(F)(F)F)cc4)ccc3c2)nc1. The molecule has 1 aromatic heterocycles. The van der Waals surface area contributed by atoms with Gasteiger partial charge in [0.2, 0.25) is 0 Å². The molecule has 0 unspecified atom stereocenters. The number of benzene rings is 3. The monoisotopic (exact) mass is 497 g/mol. The van der Waals surface area contributed by atoms with Crippen molar-refractivity contribution in [3.63, 3.8) is 0 Å². The highest BCUT2D eigenvalue weighted by atomic mass is 19.4. The highest BCUT2D eigenvalue weighted by Crippen LogP contribution is 2.28. The summed E-state index contributed by atoms with van der Waals surface area (Å²) in [6, 6.07) is 18.6. The van der Waals surface area contributed by atoms with Gasteiger partial charge in [0.15, 0.2) is 0 Å². The van der Waals surface area contributed by atoms with Crippen LogP contribution >= 0.6 is 0 Å². The fraction of sp³-hybridized carbons (Fsp3) is 0.276. The Kier molecular flexibility index (Phi) is 8.08. The summed E-state index contributed by atoms with van der Waals surface area (Å²) in [6.45, 7) is 2.82. The molecular weight excluding hydrogens is 470 g/mol. The number of aryl methyl sites for hydroxylation is 2. The summed E-state index contributed by atoms with van der Waals surface area (Å²) in [5.41, 5.74) is 3.00. The number of hydrogen-bond acceptors (Lipinski definition) is 3. The summed E-state index contributed by atoms with van der Waals surface area (Å²) in [7, 11) is 0. The number of hydrogen-bond donors (Lipinski definition) is 0. The largest absolute Gasteiger partial charge is 0.573 e. The van der Waals surface area contributed by atoms with Crippen molar-refractivity contribution in [3.05, 3.63) is 89.9 Å². The Morgan fingerprint density at radius 1 is 0.833 bits per heavy atom. The number of halogens is 4. The molecule has 0 spiro atoms. The lowest BCUT2D eigenvalue weighted by molar-refractivity contribution is -0.274. The molecule has 0 aliphatic rings. The van der Waals surface area contributed by atoms with Crippen LogP contribution in [0.4, 0.5) is 17.6 Å². The van der Waals surface area contributed by atoms with Gasteiger partial charge in [0, 0.05) is 10.9 Å². The van der Waals surface area contributed by atoms with E-state index in [1.165, 1.54) is 12.1 Å². The van der Waals surface area contributed by atoms with E-state index in [1.54, 1.807) is 30.5 Å². The number of unbranched alkanes of at least 4 members (excludes halogenated alkanes) is 2. The zero-order valence-electron chi connectivity index (χ0n) is 19.9. The molecule has 0 bridgehead atoms. The van der Waals surface area contributed by atoms with E-state index in [9.17, 15) is 13.2 Å². The zero-order valence-corrected chi connectivity index (χ0v) is 19.9. The van der Waals surface area contributed by atoms with Crippen molar-refractivity contribution >= 4 is 10.8 Å². The van der Waals surface area contributed by atoms with E-state index < -0.39 is 6.36 Å². The first-order chi connectivity index (χ1) is 17.3. The molecule has 0 saturated heterocycles. The Morgan fingerprint density at radius 2 is 1.61 bits per heavy atom. The Hall–Kier alpha value is -3.61. The maximum atomic E-state index is 15.2. The summed E-state index contributed by atoms with van der Waals surface area (Å²) in [5, 5.41) is 1.28. The fourth-order valence-corrected chi connectivity index (χ4v) is 4.00. The van der Waals surface area contributed by atoms with Crippen LogP contribution in [0.5, 0.6) is 11.5 Å². The molecule has 0 aliphatic carbocycles. The predicted octanol–water partition coefficient (Wildman–Crippen LogP) is 8.29. The maximum absolute atomic E-state index is 15.2. The molecule has 4 aromatic rings. The highest BCUT2D eigenvalue weighted by molar-refractivity contribution is 5.88. The molecule has 0 N–H and O–H groups in total. The molecule has 0 aliphatic heterocycles. The summed E-state index contributed by atoms with van der Waals surface area (Å²) in [6.07, 6.45) is 1.18. The topological polar surface area (TPSA) is 31.4 Å². The van der Waals surface area contributed by atoms with Crippen LogP contribution in [0.2, 0.25) is 0 Å². The lowest BCUT2D eigenvalue weighted by Crippen LogP contribution is -2.17. The van der Waals surface area contributed by atoms with Crippen LogP contribution in [0.25, 0.3) is 22.0 Å². The van der Waals surface area contributed by atoms with Crippen molar-refractivity contribution in [2.45, 2.75) is 45.4 Å². The van der Waals surface area contributed by atoms with Crippen molar-refractivity contribution in [3.8, 4) is 22.8 Å². The van der Waals surface area contributed by atoms with Crippen LogP contribution in [0, 0.1) is 5.82 Å². The first-order valence-electron chi connectivity index (χ1n) is 12.0. The summed E-state index contributed by atoms with van der Waals surface area (Å²) >= 11 is 0. The van der Waals surface area contributed by atoms with E-state index in [4.69, 9.17) is 4.74 Å². The van der Waals surface area contributed by atoms with Gasteiger partial charge in [-0.1, -0.05) is 56.2 Å². The number of alkyl halides is 3. The molecular formula is C29H27F4NO2. The molecule has 0 atom stereocenters. The van der Waals surface area contributed by atoms with Gasteiger partial charge in [-0.15, -0.1) is 13.2 Å². The number of nitrogens with zero attached hydrogens (tertiary/aromatic N) is 1. The van der Waals surface area contributed by atoms with Crippen LogP contribution in [-0.4, -0.2) is 18.0 Å². The van der Waals surface area contributed by atoms with Gasteiger partial charge in [0.05, 0.1) is 18.5 Å². The van der Waals surface area contributed by atoms with Gasteiger partial charge in [0.25, 0.3) is 0 Å². The van der Waals surface area contributed by atoms with Crippen LogP contribution in [0.1, 0.15) is 37.3 Å². The van der Waals surface area contributed by atoms with Crippen molar-refractivity contribution in [1.29, 1.82) is 0 Å². The van der Waals surface area contributed by atoms with E-state index in [-0.39, 0.29) is 11.6 Å². The van der Waals surface area contributed by atoms with Gasteiger partial charge in [-0.2, -0.15) is 0 Å². The fourth-order valence-electron chi connectivity index (χ4n) is 4.00. The minimum absolute atomic E-state index is 0.275. The minimum Gasteiger partial charge on any atom is -0.492 e. The van der Waals surface area contributed by atoms with Crippen molar-refractivity contribution in [2.24, 2.45) is 0 Å². The van der Waals surface area contributed by atoms with Crippen molar-refractivity contribution < 1.29 is 27.0 Å². The number of rotatable bonds is 10. The lowest BCUT2D eigenvalue weighted by atomic mass is 9.98. The Morgan fingerprint density at radius 3 is 2.31 bits per heavy atom. The molecule has 0 saturated carbocycles. The standard InChI is InChI=1S/C29H27F4NO2/c1-2-3-4-17-35-25-14-16-27(34-19-25)23-11-15-26-22(18-23)10-9-21(28(26)30)8-5-20-6-12-24(13-7-20)36-29(31,32)33/h6-7,9-16,18-19H,2-5,8,17H2,1H3. The molecule has 3 aromatic carbocycles. The third-order valence-electron chi connectivity index (χ3n) is 5.92. The van der Waals surface area contributed by atoms with Gasteiger partial charge in [-0.05, 0) is 66.1 Å². The molecule has 188 valence electrons. The maximum Gasteiger partial charge on any atom is 0.573 e. The predicted molar refractivity (Wildman–Crippen MR) is 133 cm³/mol. The van der Waals surface area contributed by atoms with Crippen LogP contribution in [0.3, 0.4) is 0 Å². The minimum atomic E-state index is -4.72. The molecule has 0 amide bonds. The Bertz CT molecular complexity index is 1290. The number of aromatic nitrogens is 1. The second-order valence-electron chi connectivity index (χ2n) is 8.60. The molecule has 3 nitrogen and oxygen atoms in total. The molecule has 0 radical (unpaired) electrons. The van der Waals surface area contributed by atoms with Gasteiger partial charge in [-0.25, -0.2) is 4.39 Å². The Labute approximate surface area is 207 Å². The smallest absolute Gasteiger partial charge is 0.492 e. The van der Waals surface area contributed by atoms with Crippen LogP contribution in [0.15, 0.2) is 72.9 Å². The molecule has 7 heteroatoms. The van der Waals surface area contributed by atoms with Gasteiger partial charge in [-0.3, -0.25) is 4.98 Å². The molecule has 36 heavy (non-hydrogen) atoms. The summed E-state index contributed by atoms with van der Waals surface area (Å²) < 4.78 is 61.7. The van der Waals surface area contributed by atoms with Gasteiger partial charge >= 0.3 is 6.36 Å². The third-order valence-corrected chi connectivity index (χ3v) is 5.92. The van der Waals surface area contributed by atoms with E-state index in [2.05, 4.69) is 16.6 Å². The summed E-state index contributed by atoms with van der Waals surface area (Å²) in [4.78, 5) is 4.49. The van der Waals surface area contributed by atoms with E-state index in [0.29, 0.717) is 30.4 Å². The first kappa shape index (κ1) is 25.5. The molecule has 4 rings (SSSR count). The van der Waals surface area contributed by atoms with Gasteiger partial charge in [0.1, 0.15) is 17.3 Å². The molecule has 0 fully saturated rings. The van der Waals surface area contributed by atoms with Crippen LogP contribution in [-0.2, 0) is 12.8 Å². The highest BCUT2D eigenvalue weighted by Gasteiger charge is 2.30. The van der Waals surface area contributed by atoms with E-state index in [1.807, 2.05) is 30.3 Å². The van der Waals surface area contributed by atoms with E-state index >= 15 is 4.39 Å². The van der Waals surface area contributed by atoms with Crippen LogP contribution < -0.4 is 9.47 Å². The third kappa shape index (κ3) is 6.74. The quantitative estimate of drug-likeness (QED) is 0.163. The van der Waals surface area contributed by atoms with Gasteiger partial charge < -0.3 is 9.47 Å².